The van der Waals surface area contributed by atoms with Crippen LogP contribution in [-0.2, 0) is 13.6 Å². The molecule has 2 aromatic heterocycles. The number of nitrogens with zero attached hydrogens (tertiary/aromatic N) is 5. The van der Waals surface area contributed by atoms with Gasteiger partial charge in [-0.25, -0.2) is 9.36 Å². The molecule has 0 aliphatic carbocycles. The maximum absolute atomic E-state index is 12.0. The van der Waals surface area contributed by atoms with Crippen molar-refractivity contribution >= 4 is 27.0 Å². The summed E-state index contributed by atoms with van der Waals surface area (Å²) in [5, 5.41) is 13.2. The minimum atomic E-state index is -0.133. The molecule has 0 saturated heterocycles. The average molecular weight is 286 g/mol. The Bertz CT molecular complexity index is 561. The maximum Gasteiger partial charge on any atom is 0.280 e. The zero-order valence-electron chi connectivity index (χ0n) is 9.09. The molecule has 86 valence electrons. The van der Waals surface area contributed by atoms with E-state index < -0.39 is 0 Å². The fourth-order valence-corrected chi connectivity index (χ4v) is 1.64. The van der Waals surface area contributed by atoms with E-state index in [9.17, 15) is 4.79 Å². The Morgan fingerprint density at radius 3 is 3.00 bits per heavy atom. The third kappa shape index (κ3) is 1.87. The van der Waals surface area contributed by atoms with E-state index in [2.05, 4.69) is 31.3 Å². The lowest BCUT2D eigenvalue weighted by atomic mass is 10.2. The van der Waals surface area contributed by atoms with Crippen molar-refractivity contribution < 1.29 is 0 Å². The summed E-state index contributed by atoms with van der Waals surface area (Å²) in [7, 11) is 1.74. The number of fused-ring (bicyclic) bond motifs is 1. The van der Waals surface area contributed by atoms with E-state index >= 15 is 0 Å². The summed E-state index contributed by atoms with van der Waals surface area (Å²) in [5.74, 6) is 0.334. The molecule has 0 amide bonds. The van der Waals surface area contributed by atoms with Crippen LogP contribution in [0, 0.1) is 5.92 Å². The van der Waals surface area contributed by atoms with E-state index in [1.807, 2.05) is 6.92 Å². The number of alkyl halides is 1. The van der Waals surface area contributed by atoms with Crippen LogP contribution < -0.4 is 5.56 Å². The molecule has 0 radical (unpaired) electrons. The number of aryl methyl sites for hydroxylation is 1. The van der Waals surface area contributed by atoms with E-state index in [1.165, 1.54) is 10.9 Å². The number of halogens is 1. The Kier molecular flexibility index (Phi) is 3.04. The van der Waals surface area contributed by atoms with E-state index in [1.54, 1.807) is 11.7 Å². The molecule has 0 aromatic carbocycles. The summed E-state index contributed by atoms with van der Waals surface area (Å²) in [6.45, 7) is 2.60. The van der Waals surface area contributed by atoms with Crippen LogP contribution in [0.25, 0.3) is 11.0 Å². The summed E-state index contributed by atoms with van der Waals surface area (Å²) in [4.78, 5) is 12.0. The van der Waals surface area contributed by atoms with Crippen LogP contribution in [-0.4, -0.2) is 30.1 Å². The third-order valence-electron chi connectivity index (χ3n) is 2.37. The standard InChI is InChI=1S/C9H12BrN5O/c1-6(3-10)5-15-9(16)7-4-11-14(2)8(7)12-13-15/h4,6H,3,5H2,1-2H3. The molecule has 0 bridgehead atoms. The Labute approximate surface area is 100 Å². The highest BCUT2D eigenvalue weighted by Crippen LogP contribution is 2.04. The quantitative estimate of drug-likeness (QED) is 0.773. The summed E-state index contributed by atoms with van der Waals surface area (Å²) in [6, 6.07) is 0. The van der Waals surface area contributed by atoms with Crippen LogP contribution in [0.4, 0.5) is 0 Å². The Hall–Kier alpha value is -1.24. The molecule has 0 fully saturated rings. The van der Waals surface area contributed by atoms with Gasteiger partial charge < -0.3 is 0 Å². The van der Waals surface area contributed by atoms with Gasteiger partial charge in [-0.3, -0.25) is 4.79 Å². The number of hydrogen-bond acceptors (Lipinski definition) is 4. The van der Waals surface area contributed by atoms with Gasteiger partial charge in [0.05, 0.1) is 6.20 Å². The van der Waals surface area contributed by atoms with Gasteiger partial charge in [0.25, 0.3) is 5.56 Å². The van der Waals surface area contributed by atoms with Gasteiger partial charge >= 0.3 is 0 Å². The molecule has 2 rings (SSSR count). The number of rotatable bonds is 3. The van der Waals surface area contributed by atoms with Crippen LogP contribution in [0.3, 0.4) is 0 Å². The van der Waals surface area contributed by atoms with Crippen molar-refractivity contribution in [2.75, 3.05) is 5.33 Å². The van der Waals surface area contributed by atoms with Gasteiger partial charge in [0.1, 0.15) is 5.39 Å². The largest absolute Gasteiger partial charge is 0.280 e. The third-order valence-corrected chi connectivity index (χ3v) is 3.47. The molecule has 1 unspecified atom stereocenters. The molecule has 6 nitrogen and oxygen atoms in total. The molecule has 1 atom stereocenters. The van der Waals surface area contributed by atoms with Crippen molar-refractivity contribution in [3.05, 3.63) is 16.6 Å². The van der Waals surface area contributed by atoms with Crippen LogP contribution in [0.5, 0.6) is 0 Å². The monoisotopic (exact) mass is 285 g/mol. The Morgan fingerprint density at radius 2 is 2.31 bits per heavy atom. The lowest BCUT2D eigenvalue weighted by Gasteiger charge is -2.07. The molecular formula is C9H12BrN5O. The topological polar surface area (TPSA) is 65.6 Å². The first-order valence-electron chi connectivity index (χ1n) is 4.95. The molecular weight excluding hydrogens is 274 g/mol. The van der Waals surface area contributed by atoms with Gasteiger partial charge in [-0.1, -0.05) is 28.1 Å². The molecule has 0 aliphatic rings. The molecule has 2 heterocycles. The van der Waals surface area contributed by atoms with Crippen LogP contribution >= 0.6 is 15.9 Å². The fraction of sp³-hybridized carbons (Fsp3) is 0.556. The van der Waals surface area contributed by atoms with Gasteiger partial charge in [-0.15, -0.1) is 5.10 Å². The lowest BCUT2D eigenvalue weighted by Crippen LogP contribution is -2.27. The summed E-state index contributed by atoms with van der Waals surface area (Å²) in [5.41, 5.74) is 0.388. The Morgan fingerprint density at radius 1 is 1.56 bits per heavy atom. The maximum atomic E-state index is 12.0. The second-order valence-corrected chi connectivity index (χ2v) is 4.49. The Balaban J connectivity index is 2.49. The molecule has 0 saturated carbocycles. The van der Waals surface area contributed by atoms with Crippen molar-refractivity contribution in [3.63, 3.8) is 0 Å². The molecule has 0 N–H and O–H groups in total. The van der Waals surface area contributed by atoms with E-state index in [-0.39, 0.29) is 5.56 Å². The first kappa shape index (κ1) is 11.3. The van der Waals surface area contributed by atoms with E-state index in [0.717, 1.165) is 5.33 Å². The zero-order valence-corrected chi connectivity index (χ0v) is 10.7. The normalized spacial score (nSPS) is 13.2. The smallest absolute Gasteiger partial charge is 0.267 e. The first-order chi connectivity index (χ1) is 7.63. The predicted octanol–water partition coefficient (Wildman–Crippen LogP) is 0.556. The first-order valence-corrected chi connectivity index (χ1v) is 6.07. The van der Waals surface area contributed by atoms with E-state index in [4.69, 9.17) is 0 Å². The molecule has 0 aliphatic heterocycles. The number of hydrogen-bond donors (Lipinski definition) is 0. The molecule has 2 aromatic rings. The van der Waals surface area contributed by atoms with Crippen molar-refractivity contribution in [2.45, 2.75) is 13.5 Å². The average Bonchev–Trinajstić information content (AvgIpc) is 2.65. The minimum absolute atomic E-state index is 0.133. The highest BCUT2D eigenvalue weighted by atomic mass is 79.9. The van der Waals surface area contributed by atoms with Crippen molar-refractivity contribution in [1.82, 2.24) is 24.8 Å². The van der Waals surface area contributed by atoms with Gasteiger partial charge in [-0.2, -0.15) is 5.10 Å². The summed E-state index contributed by atoms with van der Waals surface area (Å²) >= 11 is 3.37. The van der Waals surface area contributed by atoms with Crippen molar-refractivity contribution in [3.8, 4) is 0 Å². The number of aromatic nitrogens is 5. The van der Waals surface area contributed by atoms with Crippen LogP contribution in [0.2, 0.25) is 0 Å². The predicted molar refractivity (Wildman–Crippen MR) is 63.5 cm³/mol. The van der Waals surface area contributed by atoms with Gasteiger partial charge in [0.15, 0.2) is 5.65 Å². The lowest BCUT2D eigenvalue weighted by molar-refractivity contribution is 0.455. The second kappa shape index (κ2) is 4.32. The molecule has 7 heteroatoms. The highest BCUT2D eigenvalue weighted by molar-refractivity contribution is 9.09. The summed E-state index contributed by atoms with van der Waals surface area (Å²) < 4.78 is 2.93. The van der Waals surface area contributed by atoms with Gasteiger partial charge in [0.2, 0.25) is 0 Å². The van der Waals surface area contributed by atoms with Crippen molar-refractivity contribution in [2.24, 2.45) is 13.0 Å². The van der Waals surface area contributed by atoms with Gasteiger partial charge in [0, 0.05) is 18.9 Å². The molecule has 16 heavy (non-hydrogen) atoms. The van der Waals surface area contributed by atoms with Crippen molar-refractivity contribution in [1.29, 1.82) is 0 Å². The summed E-state index contributed by atoms with van der Waals surface area (Å²) in [6.07, 6.45) is 1.53. The molecule has 0 spiro atoms. The fourth-order valence-electron chi connectivity index (χ4n) is 1.44. The highest BCUT2D eigenvalue weighted by Gasteiger charge is 2.11. The second-order valence-electron chi connectivity index (χ2n) is 3.84. The van der Waals surface area contributed by atoms with E-state index in [0.29, 0.717) is 23.5 Å². The zero-order chi connectivity index (χ0) is 11.7. The SMILES string of the molecule is CC(CBr)Cn1nnc2c(cnn2C)c1=O. The minimum Gasteiger partial charge on any atom is -0.267 e. The van der Waals surface area contributed by atoms with Crippen LogP contribution in [0.1, 0.15) is 6.92 Å². The van der Waals surface area contributed by atoms with Gasteiger partial charge in [-0.05, 0) is 5.92 Å². The van der Waals surface area contributed by atoms with Crippen LogP contribution in [0.15, 0.2) is 11.0 Å².